The zero-order chi connectivity index (χ0) is 16.2. The highest BCUT2D eigenvalue weighted by molar-refractivity contribution is 5.45. The lowest BCUT2D eigenvalue weighted by molar-refractivity contribution is 0.108. The van der Waals surface area contributed by atoms with Crippen molar-refractivity contribution in [2.45, 2.75) is 50.9 Å². The number of nitrogens with zero attached hydrogens (tertiary/aromatic N) is 3. The molecule has 0 bridgehead atoms. The van der Waals surface area contributed by atoms with Gasteiger partial charge < -0.3 is 10.3 Å². The minimum absolute atomic E-state index is 0.0320. The summed E-state index contributed by atoms with van der Waals surface area (Å²) in [5.74, 6) is 2.19. The smallest absolute Gasteiger partial charge is 0.153 e. The summed E-state index contributed by atoms with van der Waals surface area (Å²) in [7, 11) is 0. The molecule has 0 radical (unpaired) electrons. The van der Waals surface area contributed by atoms with Gasteiger partial charge in [0.15, 0.2) is 5.82 Å². The maximum absolute atomic E-state index is 5.61. The molecule has 0 fully saturated rings. The lowest BCUT2D eigenvalue weighted by Gasteiger charge is -2.51. The molecule has 0 aliphatic heterocycles. The van der Waals surface area contributed by atoms with Gasteiger partial charge in [-0.15, -0.1) is 0 Å². The Morgan fingerprint density at radius 2 is 2.09 bits per heavy atom. The number of hydrogen-bond acceptors (Lipinski definition) is 5. The van der Waals surface area contributed by atoms with Crippen LogP contribution in [0.15, 0.2) is 23.1 Å². The van der Waals surface area contributed by atoms with E-state index in [1.165, 1.54) is 17.3 Å². The van der Waals surface area contributed by atoms with Gasteiger partial charge in [-0.2, -0.15) is 0 Å². The van der Waals surface area contributed by atoms with Crippen LogP contribution in [0.2, 0.25) is 0 Å². The molecule has 2 aliphatic rings. The maximum atomic E-state index is 5.61. The molecule has 0 aromatic carbocycles. The fourth-order valence-electron chi connectivity index (χ4n) is 4.88. The normalized spacial score (nSPS) is 28.2. The third kappa shape index (κ3) is 1.89. The van der Waals surface area contributed by atoms with Gasteiger partial charge in [-0.05, 0) is 43.0 Å². The van der Waals surface area contributed by atoms with Crippen molar-refractivity contribution in [1.82, 2.24) is 15.1 Å². The molecule has 4 rings (SSSR count). The van der Waals surface area contributed by atoms with Crippen LogP contribution >= 0.6 is 0 Å². The standard InChI is InChI=1S/C18H22N4O/c1-17(2)13-5-4-11-9-20-14(6-7-19)22-15(11)18(13,3)8-12-10-21-23-16(12)17/h6-7,9-10,13H,4-5,8,19H2,1-3H3/t13-,18-/m0/s1. The van der Waals surface area contributed by atoms with Crippen molar-refractivity contribution in [3.8, 4) is 0 Å². The van der Waals surface area contributed by atoms with Gasteiger partial charge in [0.05, 0.1) is 11.9 Å². The lowest BCUT2D eigenvalue weighted by atomic mass is 9.51. The van der Waals surface area contributed by atoms with Crippen LogP contribution in [-0.2, 0) is 23.7 Å². The highest BCUT2D eigenvalue weighted by Crippen LogP contribution is 2.55. The molecule has 2 aliphatic carbocycles. The molecule has 23 heavy (non-hydrogen) atoms. The number of aryl methyl sites for hydroxylation is 1. The molecule has 120 valence electrons. The lowest BCUT2D eigenvalue weighted by Crippen LogP contribution is -2.52. The van der Waals surface area contributed by atoms with Gasteiger partial charge in [-0.3, -0.25) is 0 Å². The quantitative estimate of drug-likeness (QED) is 0.876. The molecule has 2 atom stereocenters. The van der Waals surface area contributed by atoms with E-state index < -0.39 is 0 Å². The van der Waals surface area contributed by atoms with E-state index in [1.807, 2.05) is 12.4 Å². The minimum atomic E-state index is -0.0503. The number of hydrogen-bond donors (Lipinski definition) is 1. The van der Waals surface area contributed by atoms with Gasteiger partial charge in [0, 0.05) is 22.6 Å². The Kier molecular flexibility index (Phi) is 2.92. The predicted octanol–water partition coefficient (Wildman–Crippen LogP) is 2.75. The molecule has 2 heterocycles. The molecule has 5 heteroatoms. The summed E-state index contributed by atoms with van der Waals surface area (Å²) in [6.45, 7) is 6.87. The van der Waals surface area contributed by atoms with E-state index in [9.17, 15) is 0 Å². The molecule has 0 unspecified atom stereocenters. The summed E-state index contributed by atoms with van der Waals surface area (Å²) < 4.78 is 5.61. The van der Waals surface area contributed by atoms with Crippen LogP contribution < -0.4 is 5.73 Å². The van der Waals surface area contributed by atoms with Gasteiger partial charge in [0.1, 0.15) is 5.76 Å². The molecule has 2 N–H and O–H groups in total. The Balaban J connectivity index is 1.91. The summed E-state index contributed by atoms with van der Waals surface area (Å²) >= 11 is 0. The fourth-order valence-corrected chi connectivity index (χ4v) is 4.88. The van der Waals surface area contributed by atoms with Crippen molar-refractivity contribution < 1.29 is 4.52 Å². The highest BCUT2D eigenvalue weighted by atomic mass is 16.5. The number of rotatable bonds is 1. The van der Waals surface area contributed by atoms with Crippen LogP contribution in [0, 0.1) is 5.92 Å². The van der Waals surface area contributed by atoms with E-state index in [0.717, 1.165) is 30.7 Å². The Hall–Kier alpha value is -2.17. The minimum Gasteiger partial charge on any atom is -0.404 e. The van der Waals surface area contributed by atoms with Crippen LogP contribution in [0.5, 0.6) is 0 Å². The first-order valence-corrected chi connectivity index (χ1v) is 8.15. The number of fused-ring (bicyclic) bond motifs is 4. The van der Waals surface area contributed by atoms with Gasteiger partial charge >= 0.3 is 0 Å². The Morgan fingerprint density at radius 3 is 2.87 bits per heavy atom. The second-order valence-corrected chi connectivity index (χ2v) is 7.55. The Bertz CT molecular complexity index is 792. The SMILES string of the molecule is CC1(C)c2oncc2C[C@]2(C)c3nc(C=CN)ncc3CC[C@@H]12. The van der Waals surface area contributed by atoms with Gasteiger partial charge in [0.25, 0.3) is 0 Å². The molecule has 0 amide bonds. The monoisotopic (exact) mass is 310 g/mol. The summed E-state index contributed by atoms with van der Waals surface area (Å²) in [5, 5.41) is 4.06. The summed E-state index contributed by atoms with van der Waals surface area (Å²) in [4.78, 5) is 9.27. The first-order valence-electron chi connectivity index (χ1n) is 8.15. The summed E-state index contributed by atoms with van der Waals surface area (Å²) in [6, 6.07) is 0. The first kappa shape index (κ1) is 14.4. The van der Waals surface area contributed by atoms with E-state index in [-0.39, 0.29) is 10.8 Å². The van der Waals surface area contributed by atoms with Gasteiger partial charge in [0.2, 0.25) is 0 Å². The van der Waals surface area contributed by atoms with Crippen molar-refractivity contribution in [3.05, 3.63) is 47.0 Å². The topological polar surface area (TPSA) is 77.8 Å². The molecule has 2 aromatic rings. The summed E-state index contributed by atoms with van der Waals surface area (Å²) in [5.41, 5.74) is 9.06. The van der Waals surface area contributed by atoms with Crippen LogP contribution in [-0.4, -0.2) is 15.1 Å². The van der Waals surface area contributed by atoms with E-state index in [2.05, 4.69) is 30.9 Å². The zero-order valence-corrected chi connectivity index (χ0v) is 13.8. The summed E-state index contributed by atoms with van der Waals surface area (Å²) in [6.07, 6.45) is 10.1. The average Bonchev–Trinajstić information content (AvgIpc) is 2.96. The maximum Gasteiger partial charge on any atom is 0.153 e. The van der Waals surface area contributed by atoms with Crippen molar-refractivity contribution >= 4 is 6.08 Å². The van der Waals surface area contributed by atoms with Gasteiger partial charge in [-0.1, -0.05) is 25.9 Å². The Labute approximate surface area is 136 Å². The third-order valence-corrected chi connectivity index (χ3v) is 5.80. The molecular weight excluding hydrogens is 288 g/mol. The number of nitrogens with two attached hydrogens (primary N) is 1. The Morgan fingerprint density at radius 1 is 1.26 bits per heavy atom. The second kappa shape index (κ2) is 4.66. The molecule has 0 spiro atoms. The van der Waals surface area contributed by atoms with E-state index in [4.69, 9.17) is 15.2 Å². The molecular formula is C18H22N4O. The van der Waals surface area contributed by atoms with E-state index >= 15 is 0 Å². The van der Waals surface area contributed by atoms with E-state index in [1.54, 1.807) is 6.08 Å². The van der Waals surface area contributed by atoms with Crippen molar-refractivity contribution in [1.29, 1.82) is 0 Å². The van der Waals surface area contributed by atoms with Crippen molar-refractivity contribution in [2.75, 3.05) is 0 Å². The van der Waals surface area contributed by atoms with Crippen LogP contribution in [0.25, 0.3) is 6.08 Å². The largest absolute Gasteiger partial charge is 0.404 e. The van der Waals surface area contributed by atoms with Crippen LogP contribution in [0.4, 0.5) is 0 Å². The third-order valence-electron chi connectivity index (χ3n) is 5.80. The van der Waals surface area contributed by atoms with Crippen LogP contribution in [0.3, 0.4) is 0 Å². The predicted molar refractivity (Wildman–Crippen MR) is 87.6 cm³/mol. The molecule has 0 saturated heterocycles. The van der Waals surface area contributed by atoms with Crippen LogP contribution in [0.1, 0.15) is 55.6 Å². The van der Waals surface area contributed by atoms with E-state index in [0.29, 0.717) is 11.7 Å². The van der Waals surface area contributed by atoms with Gasteiger partial charge in [-0.25, -0.2) is 9.97 Å². The molecule has 0 saturated carbocycles. The highest BCUT2D eigenvalue weighted by Gasteiger charge is 2.54. The molecule has 2 aromatic heterocycles. The average molecular weight is 310 g/mol. The second-order valence-electron chi connectivity index (χ2n) is 7.55. The molecule has 5 nitrogen and oxygen atoms in total. The van der Waals surface area contributed by atoms with Crippen molar-refractivity contribution in [3.63, 3.8) is 0 Å². The zero-order valence-electron chi connectivity index (χ0n) is 13.8. The van der Waals surface area contributed by atoms with Crippen molar-refractivity contribution in [2.24, 2.45) is 11.7 Å². The fraction of sp³-hybridized carbons (Fsp3) is 0.500. The number of aromatic nitrogens is 3. The first-order chi connectivity index (χ1) is 11.0.